The molecule has 2 aromatic carbocycles. The van der Waals surface area contributed by atoms with Crippen LogP contribution >= 0.6 is 11.3 Å². The molecule has 0 aliphatic carbocycles. The van der Waals surface area contributed by atoms with E-state index in [1.54, 1.807) is 48.0 Å². The van der Waals surface area contributed by atoms with Crippen molar-refractivity contribution in [3.8, 4) is 0 Å². The topological polar surface area (TPSA) is 82.1 Å². The Hall–Kier alpha value is -3.17. The molecule has 0 fully saturated rings. The number of rotatable bonds is 4. The molecule has 0 saturated heterocycles. The minimum Gasteiger partial charge on any atom is -0.269 e. The Morgan fingerprint density at radius 3 is 2.54 bits per heavy atom. The monoisotopic (exact) mass is 412 g/mol. The molecule has 0 radical (unpaired) electrons. The molecule has 9 heteroatoms. The second-order valence-corrected chi connectivity index (χ2v) is 8.86. The Morgan fingerprint density at radius 2 is 1.79 bits per heavy atom. The van der Waals surface area contributed by atoms with Gasteiger partial charge in [-0.2, -0.15) is 12.7 Å². The first-order valence-electron chi connectivity index (χ1n) is 8.38. The van der Waals surface area contributed by atoms with Crippen molar-refractivity contribution >= 4 is 45.0 Å². The van der Waals surface area contributed by atoms with Crippen molar-refractivity contribution in [1.82, 2.24) is 5.43 Å². The van der Waals surface area contributed by atoms with Crippen LogP contribution in [-0.2, 0) is 10.0 Å². The van der Waals surface area contributed by atoms with Gasteiger partial charge in [0.05, 0.1) is 11.4 Å². The zero-order valence-electron chi connectivity index (χ0n) is 14.6. The quantitative estimate of drug-likeness (QED) is 0.711. The van der Waals surface area contributed by atoms with Crippen LogP contribution in [0, 0.1) is 0 Å². The molecule has 142 valence electrons. The van der Waals surface area contributed by atoms with Gasteiger partial charge in [0.1, 0.15) is 10.9 Å². The average Bonchev–Trinajstić information content (AvgIpc) is 3.25. The number of aliphatic imine (C=N–C) groups is 1. The lowest BCUT2D eigenvalue weighted by Crippen LogP contribution is -2.52. The van der Waals surface area contributed by atoms with Crippen LogP contribution in [-0.4, -0.2) is 27.3 Å². The molecule has 4 rings (SSSR count). The van der Waals surface area contributed by atoms with Crippen LogP contribution in [0.2, 0.25) is 0 Å². The number of hydrogen-bond donors (Lipinski definition) is 1. The molecule has 0 unspecified atom stereocenters. The summed E-state index contributed by atoms with van der Waals surface area (Å²) < 4.78 is 27.2. The number of thiophene rings is 1. The van der Waals surface area contributed by atoms with Crippen molar-refractivity contribution in [2.75, 3.05) is 16.0 Å². The minimum atomic E-state index is -4.06. The Morgan fingerprint density at radius 1 is 1.04 bits per heavy atom. The molecule has 0 atom stereocenters. The standard InChI is InChI=1S/C19H16N4O3S2/c24-19(21-22-14-20-13-15-7-4-5-10-17(15)22)23(16-8-2-1-3-9-16)28(25,26)18-11-6-12-27-18/h1-13H,14H2,(H,21,24). The molecule has 28 heavy (non-hydrogen) atoms. The summed E-state index contributed by atoms with van der Waals surface area (Å²) in [5, 5.41) is 3.18. The van der Waals surface area contributed by atoms with E-state index in [1.807, 2.05) is 24.3 Å². The summed E-state index contributed by atoms with van der Waals surface area (Å²) in [5.41, 5.74) is 4.50. The van der Waals surface area contributed by atoms with Gasteiger partial charge in [-0.1, -0.05) is 42.5 Å². The molecule has 2 heterocycles. The smallest absolute Gasteiger partial charge is 0.269 e. The number of amides is 2. The summed E-state index contributed by atoms with van der Waals surface area (Å²) in [6.45, 7) is 0.185. The molecule has 0 spiro atoms. The van der Waals surface area contributed by atoms with Crippen LogP contribution in [0.5, 0.6) is 0 Å². The maximum Gasteiger partial charge on any atom is 0.354 e. The van der Waals surface area contributed by atoms with Crippen LogP contribution in [0.3, 0.4) is 0 Å². The number of benzene rings is 2. The van der Waals surface area contributed by atoms with E-state index in [0.717, 1.165) is 26.9 Å². The number of sulfonamides is 1. The fourth-order valence-electron chi connectivity index (χ4n) is 2.82. The number of anilines is 2. The van der Waals surface area contributed by atoms with Gasteiger partial charge in [0.2, 0.25) is 0 Å². The zero-order chi connectivity index (χ0) is 19.6. The molecule has 7 nitrogen and oxygen atoms in total. The van der Waals surface area contributed by atoms with E-state index in [0.29, 0.717) is 0 Å². The Kier molecular flexibility index (Phi) is 4.84. The minimum absolute atomic E-state index is 0.0866. The van der Waals surface area contributed by atoms with Crippen molar-refractivity contribution in [1.29, 1.82) is 0 Å². The number of urea groups is 1. The van der Waals surface area contributed by atoms with E-state index in [-0.39, 0.29) is 16.6 Å². The first-order valence-corrected chi connectivity index (χ1v) is 10.7. The van der Waals surface area contributed by atoms with Gasteiger partial charge in [0.15, 0.2) is 0 Å². The highest BCUT2D eigenvalue weighted by Crippen LogP contribution is 2.27. The van der Waals surface area contributed by atoms with Crippen molar-refractivity contribution in [2.24, 2.45) is 4.99 Å². The van der Waals surface area contributed by atoms with Gasteiger partial charge in [0, 0.05) is 11.8 Å². The molecule has 3 aromatic rings. The van der Waals surface area contributed by atoms with E-state index >= 15 is 0 Å². The Labute approximate surface area is 166 Å². The number of hydrazine groups is 1. The van der Waals surface area contributed by atoms with Gasteiger partial charge in [-0.05, 0) is 29.6 Å². The second kappa shape index (κ2) is 7.45. The van der Waals surface area contributed by atoms with Gasteiger partial charge in [-0.25, -0.2) is 10.2 Å². The molecule has 1 aliphatic heterocycles. The predicted molar refractivity (Wildman–Crippen MR) is 110 cm³/mol. The van der Waals surface area contributed by atoms with Crippen LogP contribution in [0.25, 0.3) is 0 Å². The van der Waals surface area contributed by atoms with Gasteiger partial charge >= 0.3 is 6.03 Å². The second-order valence-electron chi connectivity index (χ2n) is 5.89. The van der Waals surface area contributed by atoms with E-state index in [9.17, 15) is 13.2 Å². The molecule has 1 N–H and O–H groups in total. The fourth-order valence-corrected chi connectivity index (χ4v) is 5.24. The highest BCUT2D eigenvalue weighted by Gasteiger charge is 2.33. The summed E-state index contributed by atoms with van der Waals surface area (Å²) in [6, 6.07) is 18.0. The highest BCUT2D eigenvalue weighted by molar-refractivity contribution is 7.95. The fraction of sp³-hybridized carbons (Fsp3) is 0.0526. The molecule has 1 aliphatic rings. The number of nitrogens with one attached hydrogen (secondary N) is 1. The summed E-state index contributed by atoms with van der Waals surface area (Å²) in [6.07, 6.45) is 1.72. The largest absolute Gasteiger partial charge is 0.354 e. The van der Waals surface area contributed by atoms with Crippen molar-refractivity contribution in [2.45, 2.75) is 4.21 Å². The number of carbonyl (C=O) groups is 1. The van der Waals surface area contributed by atoms with Gasteiger partial charge in [0.25, 0.3) is 10.0 Å². The first kappa shape index (κ1) is 18.2. The Bertz CT molecular complexity index is 1110. The number of para-hydroxylation sites is 2. The zero-order valence-corrected chi connectivity index (χ0v) is 16.2. The third-order valence-electron chi connectivity index (χ3n) is 4.08. The summed E-state index contributed by atoms with van der Waals surface area (Å²) in [5.74, 6) is 0. The summed E-state index contributed by atoms with van der Waals surface area (Å²) in [4.78, 5) is 17.3. The SMILES string of the molecule is O=C(NN1CN=Cc2ccccc21)N(c1ccccc1)S(=O)(=O)c1cccs1. The normalized spacial score (nSPS) is 13.1. The molecular formula is C19H16N4O3S2. The number of carbonyl (C=O) groups excluding carboxylic acids is 1. The third kappa shape index (κ3) is 3.37. The number of hydrogen-bond acceptors (Lipinski definition) is 6. The molecule has 1 aromatic heterocycles. The van der Waals surface area contributed by atoms with Crippen molar-refractivity contribution < 1.29 is 13.2 Å². The average molecular weight is 412 g/mol. The molecule has 0 bridgehead atoms. The lowest BCUT2D eigenvalue weighted by molar-refractivity contribution is 0.248. The number of fused-ring (bicyclic) bond motifs is 1. The van der Waals surface area contributed by atoms with Gasteiger partial charge < -0.3 is 0 Å². The lowest BCUT2D eigenvalue weighted by atomic mass is 10.2. The maximum absolute atomic E-state index is 13.2. The van der Waals surface area contributed by atoms with E-state index in [1.165, 1.54) is 11.1 Å². The first-order chi connectivity index (χ1) is 13.6. The third-order valence-corrected chi connectivity index (χ3v) is 7.16. The lowest BCUT2D eigenvalue weighted by Gasteiger charge is -2.30. The predicted octanol–water partition coefficient (Wildman–Crippen LogP) is 3.46. The van der Waals surface area contributed by atoms with Gasteiger partial charge in [-0.15, -0.1) is 11.3 Å². The van der Waals surface area contributed by atoms with E-state index < -0.39 is 16.1 Å². The van der Waals surface area contributed by atoms with E-state index in [2.05, 4.69) is 10.4 Å². The van der Waals surface area contributed by atoms with Crippen LogP contribution < -0.4 is 14.7 Å². The van der Waals surface area contributed by atoms with E-state index in [4.69, 9.17) is 0 Å². The maximum atomic E-state index is 13.2. The molecular weight excluding hydrogens is 396 g/mol. The van der Waals surface area contributed by atoms with Crippen molar-refractivity contribution in [3.05, 3.63) is 77.7 Å². The highest BCUT2D eigenvalue weighted by atomic mass is 32.2. The van der Waals surface area contributed by atoms with Crippen LogP contribution in [0.4, 0.5) is 16.2 Å². The van der Waals surface area contributed by atoms with Crippen LogP contribution in [0.15, 0.2) is 81.3 Å². The molecule has 2 amide bonds. The number of nitrogens with zero attached hydrogens (tertiary/aromatic N) is 3. The summed E-state index contributed by atoms with van der Waals surface area (Å²) in [7, 11) is -4.06. The van der Waals surface area contributed by atoms with Crippen molar-refractivity contribution in [3.63, 3.8) is 0 Å². The Balaban J connectivity index is 1.70. The summed E-state index contributed by atoms with van der Waals surface area (Å²) >= 11 is 1.06. The van der Waals surface area contributed by atoms with Gasteiger partial charge in [-0.3, -0.25) is 10.0 Å². The molecule has 0 saturated carbocycles. The van der Waals surface area contributed by atoms with Crippen LogP contribution in [0.1, 0.15) is 5.56 Å².